The maximum Gasteiger partial charge on any atom is 0.228 e. The van der Waals surface area contributed by atoms with Crippen molar-refractivity contribution in [1.82, 2.24) is 4.98 Å². The molecular weight excluding hydrogens is 245 g/mol. The van der Waals surface area contributed by atoms with Gasteiger partial charge in [-0.1, -0.05) is 24.3 Å². The Hall–Kier alpha value is -2.27. The minimum absolute atomic E-state index is 0.138. The number of amides is 1. The lowest BCUT2D eigenvalue weighted by atomic mass is 10.1. The van der Waals surface area contributed by atoms with E-state index in [9.17, 15) is 9.18 Å². The second kappa shape index (κ2) is 6.06. The Morgan fingerprint density at radius 1 is 1.21 bits per heavy atom. The summed E-state index contributed by atoms with van der Waals surface area (Å²) in [5.41, 5.74) is 7.49. The molecule has 0 fully saturated rings. The predicted molar refractivity (Wildman–Crippen MR) is 70.9 cm³/mol. The SMILES string of the molecule is NCc1ccc(CC(=O)Nc2ccncc2F)cc1. The molecule has 5 heteroatoms. The van der Waals surface area contributed by atoms with Crippen LogP contribution in [0.1, 0.15) is 11.1 Å². The molecule has 98 valence electrons. The summed E-state index contributed by atoms with van der Waals surface area (Å²) in [6, 6.07) is 8.84. The van der Waals surface area contributed by atoms with Crippen LogP contribution in [0, 0.1) is 5.82 Å². The molecule has 2 rings (SSSR count). The van der Waals surface area contributed by atoms with Crippen molar-refractivity contribution in [1.29, 1.82) is 0 Å². The number of rotatable bonds is 4. The molecule has 19 heavy (non-hydrogen) atoms. The summed E-state index contributed by atoms with van der Waals surface area (Å²) < 4.78 is 13.3. The van der Waals surface area contributed by atoms with Crippen molar-refractivity contribution in [3.05, 3.63) is 59.7 Å². The molecule has 1 heterocycles. The highest BCUT2D eigenvalue weighted by Crippen LogP contribution is 2.12. The molecule has 0 aliphatic rings. The molecule has 0 bridgehead atoms. The Kier molecular flexibility index (Phi) is 4.20. The van der Waals surface area contributed by atoms with Gasteiger partial charge in [-0.3, -0.25) is 9.78 Å². The van der Waals surface area contributed by atoms with Gasteiger partial charge in [-0.05, 0) is 17.2 Å². The molecule has 0 unspecified atom stereocenters. The van der Waals surface area contributed by atoms with E-state index in [1.54, 1.807) is 0 Å². The minimum Gasteiger partial charge on any atom is -0.326 e. The summed E-state index contributed by atoms with van der Waals surface area (Å²) in [4.78, 5) is 15.4. The fourth-order valence-electron chi connectivity index (χ4n) is 1.65. The summed E-state index contributed by atoms with van der Waals surface area (Å²) in [5.74, 6) is -0.820. The van der Waals surface area contributed by atoms with Gasteiger partial charge in [-0.2, -0.15) is 0 Å². The van der Waals surface area contributed by atoms with Gasteiger partial charge in [0.1, 0.15) is 0 Å². The van der Waals surface area contributed by atoms with Gasteiger partial charge in [0.25, 0.3) is 0 Å². The third-order valence-corrected chi connectivity index (χ3v) is 2.67. The fourth-order valence-corrected chi connectivity index (χ4v) is 1.65. The minimum atomic E-state index is -0.547. The summed E-state index contributed by atoms with van der Waals surface area (Å²) in [5, 5.41) is 2.51. The summed E-state index contributed by atoms with van der Waals surface area (Å²) >= 11 is 0. The van der Waals surface area contributed by atoms with Crippen molar-refractivity contribution in [3.63, 3.8) is 0 Å². The number of halogens is 1. The first kappa shape index (κ1) is 13.2. The van der Waals surface area contributed by atoms with Crippen LogP contribution in [0.15, 0.2) is 42.7 Å². The zero-order valence-corrected chi connectivity index (χ0v) is 10.3. The molecule has 0 aliphatic carbocycles. The van der Waals surface area contributed by atoms with Crippen molar-refractivity contribution >= 4 is 11.6 Å². The van der Waals surface area contributed by atoms with E-state index >= 15 is 0 Å². The van der Waals surface area contributed by atoms with Gasteiger partial charge in [-0.15, -0.1) is 0 Å². The van der Waals surface area contributed by atoms with Gasteiger partial charge in [0.05, 0.1) is 18.3 Å². The average molecular weight is 259 g/mol. The van der Waals surface area contributed by atoms with Crippen molar-refractivity contribution in [3.8, 4) is 0 Å². The normalized spacial score (nSPS) is 10.2. The fraction of sp³-hybridized carbons (Fsp3) is 0.143. The summed E-state index contributed by atoms with van der Waals surface area (Å²) in [7, 11) is 0. The summed E-state index contributed by atoms with van der Waals surface area (Å²) in [6.45, 7) is 0.467. The highest BCUT2D eigenvalue weighted by molar-refractivity contribution is 5.92. The number of anilines is 1. The molecule has 3 N–H and O–H groups in total. The zero-order valence-electron chi connectivity index (χ0n) is 10.3. The third kappa shape index (κ3) is 3.59. The molecule has 2 aromatic rings. The van der Waals surface area contributed by atoms with E-state index in [-0.39, 0.29) is 18.0 Å². The molecule has 1 aromatic heterocycles. The van der Waals surface area contributed by atoms with Gasteiger partial charge >= 0.3 is 0 Å². The number of carbonyl (C=O) groups excluding carboxylic acids is 1. The van der Waals surface area contributed by atoms with Crippen LogP contribution in [0.25, 0.3) is 0 Å². The lowest BCUT2D eigenvalue weighted by Gasteiger charge is -2.06. The van der Waals surface area contributed by atoms with E-state index in [1.807, 2.05) is 24.3 Å². The first-order valence-electron chi connectivity index (χ1n) is 5.86. The van der Waals surface area contributed by atoms with Crippen LogP contribution in [-0.4, -0.2) is 10.9 Å². The van der Waals surface area contributed by atoms with Crippen LogP contribution in [0.4, 0.5) is 10.1 Å². The Labute approximate surface area is 110 Å². The average Bonchev–Trinajstić information content (AvgIpc) is 2.42. The largest absolute Gasteiger partial charge is 0.326 e. The van der Waals surface area contributed by atoms with Gasteiger partial charge in [0.2, 0.25) is 5.91 Å². The lowest BCUT2D eigenvalue weighted by molar-refractivity contribution is -0.115. The van der Waals surface area contributed by atoms with E-state index in [4.69, 9.17) is 5.73 Å². The van der Waals surface area contributed by atoms with Gasteiger partial charge in [0, 0.05) is 12.7 Å². The molecule has 4 nitrogen and oxygen atoms in total. The monoisotopic (exact) mass is 259 g/mol. The van der Waals surface area contributed by atoms with E-state index in [1.165, 1.54) is 12.3 Å². The predicted octanol–water partition coefficient (Wildman–Crippen LogP) is 1.86. The van der Waals surface area contributed by atoms with Gasteiger partial charge in [-0.25, -0.2) is 4.39 Å². The molecule has 1 amide bonds. The van der Waals surface area contributed by atoms with Gasteiger partial charge in [0.15, 0.2) is 5.82 Å². The number of nitrogens with one attached hydrogen (secondary N) is 1. The van der Waals surface area contributed by atoms with Gasteiger partial charge < -0.3 is 11.1 Å². The molecular formula is C14H14FN3O. The first-order chi connectivity index (χ1) is 9.19. The van der Waals surface area contributed by atoms with Crippen LogP contribution in [0.3, 0.4) is 0 Å². The second-order valence-corrected chi connectivity index (χ2v) is 4.10. The topological polar surface area (TPSA) is 68.0 Å². The molecule has 0 atom stereocenters. The Balaban J connectivity index is 1.99. The highest BCUT2D eigenvalue weighted by Gasteiger charge is 2.07. The van der Waals surface area contributed by atoms with Crippen LogP contribution in [0.2, 0.25) is 0 Å². The second-order valence-electron chi connectivity index (χ2n) is 4.10. The first-order valence-corrected chi connectivity index (χ1v) is 5.86. The number of hydrogen-bond acceptors (Lipinski definition) is 3. The number of carbonyl (C=O) groups is 1. The van der Waals surface area contributed by atoms with Crippen molar-refractivity contribution in [2.24, 2.45) is 5.73 Å². The van der Waals surface area contributed by atoms with E-state index < -0.39 is 5.82 Å². The molecule has 0 spiro atoms. The van der Waals surface area contributed by atoms with E-state index in [0.717, 1.165) is 17.3 Å². The molecule has 0 saturated heterocycles. The Morgan fingerprint density at radius 3 is 2.53 bits per heavy atom. The van der Waals surface area contributed by atoms with Crippen LogP contribution < -0.4 is 11.1 Å². The number of pyridine rings is 1. The standard InChI is InChI=1S/C14H14FN3O/c15-12-9-17-6-5-13(12)18-14(19)7-10-1-3-11(8-16)4-2-10/h1-6,9H,7-8,16H2,(H,17,18,19). The maximum absolute atomic E-state index is 13.3. The quantitative estimate of drug-likeness (QED) is 0.880. The number of benzene rings is 1. The lowest BCUT2D eigenvalue weighted by Crippen LogP contribution is -2.15. The Morgan fingerprint density at radius 2 is 1.89 bits per heavy atom. The van der Waals surface area contributed by atoms with E-state index in [0.29, 0.717) is 6.54 Å². The molecule has 0 radical (unpaired) electrons. The van der Waals surface area contributed by atoms with Crippen LogP contribution >= 0.6 is 0 Å². The van der Waals surface area contributed by atoms with Crippen molar-refractivity contribution < 1.29 is 9.18 Å². The van der Waals surface area contributed by atoms with Crippen molar-refractivity contribution in [2.75, 3.05) is 5.32 Å². The number of hydrogen-bond donors (Lipinski definition) is 2. The molecule has 1 aromatic carbocycles. The third-order valence-electron chi connectivity index (χ3n) is 2.67. The summed E-state index contributed by atoms with van der Waals surface area (Å²) in [6.07, 6.45) is 2.67. The number of aromatic nitrogens is 1. The van der Waals surface area contributed by atoms with Crippen molar-refractivity contribution in [2.45, 2.75) is 13.0 Å². The van der Waals surface area contributed by atoms with Crippen LogP contribution in [-0.2, 0) is 17.8 Å². The number of nitrogens with two attached hydrogens (primary N) is 1. The number of nitrogens with zero attached hydrogens (tertiary/aromatic N) is 1. The molecule has 0 aliphatic heterocycles. The van der Waals surface area contributed by atoms with E-state index in [2.05, 4.69) is 10.3 Å². The maximum atomic E-state index is 13.3. The highest BCUT2D eigenvalue weighted by atomic mass is 19.1. The Bertz CT molecular complexity index is 569. The zero-order chi connectivity index (χ0) is 13.7. The molecule has 0 saturated carbocycles. The smallest absolute Gasteiger partial charge is 0.228 e. The van der Waals surface area contributed by atoms with Crippen LogP contribution in [0.5, 0.6) is 0 Å².